The molecule has 0 N–H and O–H groups in total. The van der Waals surface area contributed by atoms with E-state index in [1.165, 1.54) is 17.7 Å². The van der Waals surface area contributed by atoms with E-state index in [-0.39, 0.29) is 11.8 Å². The van der Waals surface area contributed by atoms with Gasteiger partial charge in [-0.1, -0.05) is 41.9 Å². The molecule has 1 aliphatic carbocycles. The molecule has 2 aromatic carbocycles. The van der Waals surface area contributed by atoms with E-state index >= 15 is 0 Å². The summed E-state index contributed by atoms with van der Waals surface area (Å²) in [5.74, 6) is 1.49. The number of benzene rings is 2. The van der Waals surface area contributed by atoms with Crippen LogP contribution in [-0.2, 0) is 10.2 Å². The van der Waals surface area contributed by atoms with E-state index in [0.717, 1.165) is 37.9 Å². The molecule has 0 atom stereocenters. The molecule has 2 fully saturated rings. The lowest BCUT2D eigenvalue weighted by Gasteiger charge is -2.53. The lowest BCUT2D eigenvalue weighted by Crippen LogP contribution is -2.52. The van der Waals surface area contributed by atoms with Crippen LogP contribution in [0.2, 0.25) is 5.02 Å². The molecule has 0 unspecified atom stereocenters. The molecule has 1 saturated carbocycles. The van der Waals surface area contributed by atoms with E-state index in [2.05, 4.69) is 4.90 Å². The second kappa shape index (κ2) is 10.2. The predicted molar refractivity (Wildman–Crippen MR) is 140 cm³/mol. The lowest BCUT2D eigenvalue weighted by atomic mass is 9.57. The summed E-state index contributed by atoms with van der Waals surface area (Å²) in [6, 6.07) is 15.4. The Morgan fingerprint density at radius 1 is 1.09 bits per heavy atom. The summed E-state index contributed by atoms with van der Waals surface area (Å²) < 4.78 is 5.93. The Bertz CT molecular complexity index is 1050. The molecule has 1 saturated heterocycles. The van der Waals surface area contributed by atoms with E-state index in [1.807, 2.05) is 50.2 Å². The molecule has 1 spiro atoms. The highest BCUT2D eigenvalue weighted by molar-refractivity contribution is 6.34. The average molecular weight is 497 g/mol. The van der Waals surface area contributed by atoms with Crippen molar-refractivity contribution in [2.75, 3.05) is 33.8 Å². The van der Waals surface area contributed by atoms with Gasteiger partial charge in [0, 0.05) is 27.2 Å². The van der Waals surface area contributed by atoms with E-state index in [9.17, 15) is 9.59 Å². The summed E-state index contributed by atoms with van der Waals surface area (Å²) in [5.41, 5.74) is 1.47. The lowest BCUT2D eigenvalue weighted by molar-refractivity contribution is -0.140. The Balaban J connectivity index is 1.21. The van der Waals surface area contributed by atoms with Crippen molar-refractivity contribution in [3.8, 4) is 5.75 Å². The van der Waals surface area contributed by atoms with Crippen LogP contribution < -0.4 is 4.74 Å². The van der Waals surface area contributed by atoms with Crippen LogP contribution in [0.15, 0.2) is 48.5 Å². The van der Waals surface area contributed by atoms with Crippen molar-refractivity contribution in [3.05, 3.63) is 64.7 Å². The first kappa shape index (κ1) is 25.6. The molecule has 2 aliphatic rings. The Labute approximate surface area is 214 Å². The van der Waals surface area contributed by atoms with Gasteiger partial charge in [-0.05, 0) is 81.0 Å². The van der Waals surface area contributed by atoms with E-state index in [0.29, 0.717) is 34.3 Å². The largest absolute Gasteiger partial charge is 0.494 e. The van der Waals surface area contributed by atoms with Crippen LogP contribution >= 0.6 is 11.6 Å². The molecular formula is C29H37ClN2O3. The molecule has 2 amide bonds. The van der Waals surface area contributed by atoms with Crippen molar-refractivity contribution in [1.29, 1.82) is 0 Å². The van der Waals surface area contributed by atoms with Crippen LogP contribution in [0.4, 0.5) is 0 Å². The third-order valence-corrected chi connectivity index (χ3v) is 8.27. The number of ether oxygens (including phenoxy) is 1. The van der Waals surface area contributed by atoms with Crippen molar-refractivity contribution in [2.45, 2.75) is 51.4 Å². The molecule has 2 aromatic rings. The minimum Gasteiger partial charge on any atom is -0.494 e. The number of halogens is 1. The standard InChI is InChI=1S/C29H37ClN2O3/c1-28(2,22-8-6-5-7-9-22)27(34)32-15-13-29(14-16-32)19-21(20-29)12-17-35-23-10-11-24(25(30)18-23)26(33)31(3)4/h5-11,18,21H,12-17,19-20H2,1-4H3. The quantitative estimate of drug-likeness (QED) is 0.486. The molecule has 1 aliphatic heterocycles. The number of carbonyl (C=O) groups excluding carboxylic acids is 2. The molecule has 0 bridgehead atoms. The van der Waals surface area contributed by atoms with Crippen molar-refractivity contribution < 1.29 is 14.3 Å². The van der Waals surface area contributed by atoms with Gasteiger partial charge in [-0.3, -0.25) is 9.59 Å². The summed E-state index contributed by atoms with van der Waals surface area (Å²) in [6.07, 6.45) is 5.65. The number of carbonyl (C=O) groups is 2. The van der Waals surface area contributed by atoms with Gasteiger partial charge >= 0.3 is 0 Å². The van der Waals surface area contributed by atoms with Gasteiger partial charge in [-0.25, -0.2) is 0 Å². The summed E-state index contributed by atoms with van der Waals surface area (Å²) >= 11 is 6.29. The van der Waals surface area contributed by atoms with Gasteiger partial charge in [0.05, 0.1) is 22.6 Å². The minimum absolute atomic E-state index is 0.113. The Morgan fingerprint density at radius 3 is 2.34 bits per heavy atom. The maximum absolute atomic E-state index is 13.3. The Morgan fingerprint density at radius 2 is 1.74 bits per heavy atom. The monoisotopic (exact) mass is 496 g/mol. The molecule has 35 heavy (non-hydrogen) atoms. The predicted octanol–water partition coefficient (Wildman–Crippen LogP) is 5.81. The van der Waals surface area contributed by atoms with Crippen molar-refractivity contribution in [1.82, 2.24) is 9.80 Å². The maximum Gasteiger partial charge on any atom is 0.254 e. The van der Waals surface area contributed by atoms with Crippen LogP contribution in [-0.4, -0.2) is 55.4 Å². The van der Waals surface area contributed by atoms with Crippen LogP contribution in [0.1, 0.15) is 61.9 Å². The zero-order valence-corrected chi connectivity index (χ0v) is 22.1. The number of hydrogen-bond acceptors (Lipinski definition) is 3. The Kier molecular flexibility index (Phi) is 7.46. The highest BCUT2D eigenvalue weighted by atomic mass is 35.5. The van der Waals surface area contributed by atoms with Gasteiger partial charge in [0.1, 0.15) is 5.75 Å². The highest BCUT2D eigenvalue weighted by Gasteiger charge is 2.47. The smallest absolute Gasteiger partial charge is 0.254 e. The Hall–Kier alpha value is -2.53. The second-order valence-electron chi connectivity index (χ2n) is 11.0. The second-order valence-corrected chi connectivity index (χ2v) is 11.4. The third-order valence-electron chi connectivity index (χ3n) is 7.96. The first-order valence-corrected chi connectivity index (χ1v) is 13.0. The van der Waals surface area contributed by atoms with Crippen LogP contribution in [0.5, 0.6) is 5.75 Å². The number of likely N-dealkylation sites (tertiary alicyclic amines) is 1. The molecule has 1 heterocycles. The maximum atomic E-state index is 13.3. The highest BCUT2D eigenvalue weighted by Crippen LogP contribution is 2.54. The van der Waals surface area contributed by atoms with E-state index in [4.69, 9.17) is 16.3 Å². The minimum atomic E-state index is -0.494. The molecule has 0 aromatic heterocycles. The van der Waals surface area contributed by atoms with Crippen molar-refractivity contribution in [3.63, 3.8) is 0 Å². The van der Waals surface area contributed by atoms with Gasteiger partial charge < -0.3 is 14.5 Å². The first-order valence-electron chi connectivity index (χ1n) is 12.6. The first-order chi connectivity index (χ1) is 16.6. The number of piperidine rings is 1. The van der Waals surface area contributed by atoms with Crippen molar-refractivity contribution >= 4 is 23.4 Å². The summed E-state index contributed by atoms with van der Waals surface area (Å²) in [5, 5.41) is 0.417. The topological polar surface area (TPSA) is 49.9 Å². The zero-order valence-electron chi connectivity index (χ0n) is 21.4. The number of nitrogens with zero attached hydrogens (tertiary/aromatic N) is 2. The van der Waals surface area contributed by atoms with E-state index in [1.54, 1.807) is 26.2 Å². The summed E-state index contributed by atoms with van der Waals surface area (Å²) in [6.45, 7) is 6.43. The van der Waals surface area contributed by atoms with Crippen LogP contribution in [0, 0.1) is 11.3 Å². The summed E-state index contributed by atoms with van der Waals surface area (Å²) in [4.78, 5) is 29.0. The van der Waals surface area contributed by atoms with Crippen LogP contribution in [0.25, 0.3) is 0 Å². The molecule has 4 rings (SSSR count). The third kappa shape index (κ3) is 5.50. The van der Waals surface area contributed by atoms with Crippen molar-refractivity contribution in [2.24, 2.45) is 11.3 Å². The number of amides is 2. The number of rotatable bonds is 7. The molecule has 0 radical (unpaired) electrons. The molecule has 5 nitrogen and oxygen atoms in total. The number of hydrogen-bond donors (Lipinski definition) is 0. The normalized spacial score (nSPS) is 17.7. The van der Waals surface area contributed by atoms with Gasteiger partial charge in [-0.15, -0.1) is 0 Å². The van der Waals surface area contributed by atoms with Gasteiger partial charge in [0.25, 0.3) is 5.91 Å². The fourth-order valence-electron chi connectivity index (χ4n) is 5.68. The van der Waals surface area contributed by atoms with Gasteiger partial charge in [0.15, 0.2) is 0 Å². The zero-order chi connectivity index (χ0) is 25.2. The van der Waals surface area contributed by atoms with Gasteiger partial charge in [-0.2, -0.15) is 0 Å². The SMILES string of the molecule is CN(C)C(=O)c1ccc(OCCC2CC3(CCN(C(=O)C(C)(C)c4ccccc4)CC3)C2)cc1Cl. The van der Waals surface area contributed by atoms with Crippen LogP contribution in [0.3, 0.4) is 0 Å². The molecule has 6 heteroatoms. The fraction of sp³-hybridized carbons (Fsp3) is 0.517. The van der Waals surface area contributed by atoms with Gasteiger partial charge in [0.2, 0.25) is 5.91 Å². The summed E-state index contributed by atoms with van der Waals surface area (Å²) in [7, 11) is 3.42. The average Bonchev–Trinajstić information content (AvgIpc) is 2.83. The molecule has 188 valence electrons. The molecular weight excluding hydrogens is 460 g/mol. The van der Waals surface area contributed by atoms with E-state index < -0.39 is 5.41 Å². The fourth-order valence-corrected chi connectivity index (χ4v) is 5.93.